The molecule has 0 aromatic carbocycles. The van der Waals surface area contributed by atoms with Crippen molar-refractivity contribution < 1.29 is 27.2 Å². The van der Waals surface area contributed by atoms with Crippen molar-refractivity contribution in [3.8, 4) is 0 Å². The van der Waals surface area contributed by atoms with Gasteiger partial charge < -0.3 is 29.6 Å². The topological polar surface area (TPSA) is 123 Å². The van der Waals surface area contributed by atoms with E-state index in [1.807, 2.05) is 0 Å². The van der Waals surface area contributed by atoms with Crippen LogP contribution in [-0.2, 0) is 27.2 Å². The van der Waals surface area contributed by atoms with Gasteiger partial charge in [-0.05, 0) is 0 Å². The summed E-state index contributed by atoms with van der Waals surface area (Å²) in [5, 5.41) is 0. The largest absolute Gasteiger partial charge is 0.331 e. The lowest BCUT2D eigenvalue weighted by molar-refractivity contribution is -0.0682. The molecule has 2 saturated heterocycles. The SMILES string of the molecule is NCCP1(=O)OCC2(CO1)COP(=O)(CCN)OC2. The molecule has 0 bridgehead atoms. The first-order valence-electron chi connectivity index (χ1n) is 6.11. The Morgan fingerprint density at radius 3 is 1.37 bits per heavy atom. The molecule has 0 amide bonds. The van der Waals surface area contributed by atoms with Crippen LogP contribution < -0.4 is 11.5 Å². The van der Waals surface area contributed by atoms with Gasteiger partial charge in [0.1, 0.15) is 0 Å². The third-order valence-corrected chi connectivity index (χ3v) is 6.78. The van der Waals surface area contributed by atoms with E-state index in [-0.39, 0.29) is 51.8 Å². The fraction of sp³-hybridized carbons (Fsp3) is 1.00. The molecule has 2 aliphatic rings. The van der Waals surface area contributed by atoms with Crippen molar-refractivity contribution in [3.63, 3.8) is 0 Å². The summed E-state index contributed by atoms with van der Waals surface area (Å²) < 4.78 is 45.2. The van der Waals surface area contributed by atoms with Gasteiger partial charge in [-0.3, -0.25) is 9.13 Å². The maximum Gasteiger partial charge on any atom is 0.331 e. The minimum absolute atomic E-state index is 0.187. The zero-order chi connectivity index (χ0) is 14.0. The third kappa shape index (κ3) is 3.65. The zero-order valence-corrected chi connectivity index (χ0v) is 12.4. The quantitative estimate of drug-likeness (QED) is 0.713. The summed E-state index contributed by atoms with van der Waals surface area (Å²) in [5.41, 5.74) is 10.2. The van der Waals surface area contributed by atoms with Crippen LogP contribution in [0.3, 0.4) is 0 Å². The molecule has 0 aromatic heterocycles. The van der Waals surface area contributed by atoms with Gasteiger partial charge in [0.05, 0.1) is 44.2 Å². The summed E-state index contributed by atoms with van der Waals surface area (Å²) in [5.74, 6) is 0. The average molecular weight is 314 g/mol. The maximum atomic E-state index is 12.0. The second-order valence-electron chi connectivity index (χ2n) is 4.84. The first-order chi connectivity index (χ1) is 8.95. The molecule has 4 N–H and O–H groups in total. The van der Waals surface area contributed by atoms with E-state index < -0.39 is 20.6 Å². The molecular formula is C9H20N2O6P2. The smallest absolute Gasteiger partial charge is 0.330 e. The fourth-order valence-corrected chi connectivity index (χ4v) is 5.02. The fourth-order valence-electron chi connectivity index (χ4n) is 1.84. The normalized spacial score (nSPS) is 43.5. The first-order valence-corrected chi connectivity index (χ1v) is 9.57. The summed E-state index contributed by atoms with van der Waals surface area (Å²) in [7, 11) is -6.15. The maximum absolute atomic E-state index is 12.0. The van der Waals surface area contributed by atoms with Crippen molar-refractivity contribution in [2.75, 3.05) is 51.8 Å². The van der Waals surface area contributed by atoms with E-state index in [2.05, 4.69) is 0 Å². The number of hydrogen-bond acceptors (Lipinski definition) is 8. The molecule has 2 heterocycles. The molecule has 0 aliphatic carbocycles. The van der Waals surface area contributed by atoms with Gasteiger partial charge in [-0.2, -0.15) is 0 Å². The molecular weight excluding hydrogens is 294 g/mol. The Kier molecular flexibility index (Phi) is 4.86. The molecule has 0 aromatic rings. The number of nitrogens with two attached hydrogens (primary N) is 2. The lowest BCUT2D eigenvalue weighted by Crippen LogP contribution is -2.46. The predicted molar refractivity (Wildman–Crippen MR) is 69.3 cm³/mol. The summed E-state index contributed by atoms with van der Waals surface area (Å²) in [6.07, 6.45) is 0.382. The highest BCUT2D eigenvalue weighted by atomic mass is 31.2. The van der Waals surface area contributed by atoms with Crippen LogP contribution in [0.15, 0.2) is 0 Å². The van der Waals surface area contributed by atoms with Gasteiger partial charge in [0, 0.05) is 13.1 Å². The number of hydrogen-bond donors (Lipinski definition) is 2. The predicted octanol–water partition coefficient (Wildman–Crippen LogP) is 0.370. The standard InChI is InChI=1S/C9H20N2O6P2/c10-1-3-18(12)14-5-9(6-15-18)7-16-19(13,4-2-11)17-8-9/h1-8,10-11H2. The van der Waals surface area contributed by atoms with Gasteiger partial charge in [0.2, 0.25) is 0 Å². The Balaban J connectivity index is 1.91. The van der Waals surface area contributed by atoms with Crippen LogP contribution in [0.2, 0.25) is 0 Å². The molecule has 0 unspecified atom stereocenters. The van der Waals surface area contributed by atoms with Gasteiger partial charge in [-0.25, -0.2) is 0 Å². The van der Waals surface area contributed by atoms with Gasteiger partial charge in [0.25, 0.3) is 0 Å². The molecule has 10 heteroatoms. The molecule has 2 rings (SSSR count). The van der Waals surface area contributed by atoms with Crippen molar-refractivity contribution in [2.45, 2.75) is 0 Å². The molecule has 19 heavy (non-hydrogen) atoms. The Hall–Kier alpha value is 0.220. The second kappa shape index (κ2) is 5.92. The van der Waals surface area contributed by atoms with Crippen LogP contribution >= 0.6 is 15.2 Å². The van der Waals surface area contributed by atoms with E-state index in [1.165, 1.54) is 0 Å². The lowest BCUT2D eigenvalue weighted by Gasteiger charge is -2.42. The van der Waals surface area contributed by atoms with Crippen molar-refractivity contribution in [2.24, 2.45) is 16.9 Å². The molecule has 112 valence electrons. The van der Waals surface area contributed by atoms with E-state index in [9.17, 15) is 9.13 Å². The summed E-state index contributed by atoms with van der Waals surface area (Å²) >= 11 is 0. The molecule has 1 spiro atoms. The first kappa shape index (κ1) is 15.6. The Morgan fingerprint density at radius 1 is 0.789 bits per heavy atom. The van der Waals surface area contributed by atoms with Crippen molar-refractivity contribution in [1.29, 1.82) is 0 Å². The van der Waals surface area contributed by atoms with Crippen molar-refractivity contribution in [3.05, 3.63) is 0 Å². The number of rotatable bonds is 4. The molecule has 8 nitrogen and oxygen atoms in total. The average Bonchev–Trinajstić information content (AvgIpc) is 2.38. The molecule has 0 radical (unpaired) electrons. The van der Waals surface area contributed by atoms with E-state index >= 15 is 0 Å². The summed E-state index contributed by atoms with van der Waals surface area (Å²) in [6, 6.07) is 0. The summed E-state index contributed by atoms with van der Waals surface area (Å²) in [6.45, 7) is 1.23. The van der Waals surface area contributed by atoms with Crippen LogP contribution in [0.5, 0.6) is 0 Å². The van der Waals surface area contributed by atoms with E-state index in [4.69, 9.17) is 29.6 Å². The molecule has 2 fully saturated rings. The van der Waals surface area contributed by atoms with Crippen LogP contribution in [0.1, 0.15) is 0 Å². The van der Waals surface area contributed by atoms with Gasteiger partial charge in [-0.1, -0.05) is 0 Å². The minimum atomic E-state index is -3.08. The summed E-state index contributed by atoms with van der Waals surface area (Å²) in [4.78, 5) is 0. The van der Waals surface area contributed by atoms with Gasteiger partial charge in [0.15, 0.2) is 0 Å². The van der Waals surface area contributed by atoms with Crippen LogP contribution in [0.4, 0.5) is 0 Å². The zero-order valence-electron chi connectivity index (χ0n) is 10.7. The van der Waals surface area contributed by atoms with Crippen molar-refractivity contribution in [1.82, 2.24) is 0 Å². The second-order valence-corrected chi connectivity index (χ2v) is 9.21. The van der Waals surface area contributed by atoms with E-state index in [0.717, 1.165) is 0 Å². The molecule has 0 saturated carbocycles. The van der Waals surface area contributed by atoms with E-state index in [1.54, 1.807) is 0 Å². The highest BCUT2D eigenvalue weighted by Gasteiger charge is 2.48. The van der Waals surface area contributed by atoms with Gasteiger partial charge >= 0.3 is 15.2 Å². The highest BCUT2D eigenvalue weighted by molar-refractivity contribution is 7.54. The Morgan fingerprint density at radius 2 is 1.11 bits per heavy atom. The van der Waals surface area contributed by atoms with Crippen molar-refractivity contribution >= 4 is 15.2 Å². The monoisotopic (exact) mass is 314 g/mol. The lowest BCUT2D eigenvalue weighted by atomic mass is 9.93. The Labute approximate surface area is 112 Å². The van der Waals surface area contributed by atoms with Gasteiger partial charge in [-0.15, -0.1) is 0 Å². The van der Waals surface area contributed by atoms with Crippen LogP contribution in [0, 0.1) is 5.41 Å². The Bertz CT molecular complexity index is 352. The molecule has 2 aliphatic heterocycles. The third-order valence-electron chi connectivity index (χ3n) is 3.08. The van der Waals surface area contributed by atoms with Crippen LogP contribution in [0.25, 0.3) is 0 Å². The minimum Gasteiger partial charge on any atom is -0.330 e. The van der Waals surface area contributed by atoms with Crippen LogP contribution in [-0.4, -0.2) is 51.8 Å². The molecule has 0 atom stereocenters. The highest BCUT2D eigenvalue weighted by Crippen LogP contribution is 2.58. The van der Waals surface area contributed by atoms with E-state index in [0.29, 0.717) is 0 Å².